The summed E-state index contributed by atoms with van der Waals surface area (Å²) in [6.45, 7) is 2.15. The zero-order valence-electron chi connectivity index (χ0n) is 18.4. The highest BCUT2D eigenvalue weighted by molar-refractivity contribution is 7.89. The molecule has 1 amide bonds. The van der Waals surface area contributed by atoms with Gasteiger partial charge < -0.3 is 19.5 Å². The van der Waals surface area contributed by atoms with Crippen molar-refractivity contribution in [1.82, 2.24) is 4.72 Å². The van der Waals surface area contributed by atoms with Crippen molar-refractivity contribution >= 4 is 38.4 Å². The SMILES string of the molecule is CC(OC(=O)CCNS(=O)(=O)c1ccc2ccccc2c1)C(=O)Nc1ccc2c(c1)OCCO2. The Morgan fingerprint density at radius 1 is 0.971 bits per heavy atom. The van der Waals surface area contributed by atoms with Crippen LogP contribution in [0.4, 0.5) is 5.69 Å². The van der Waals surface area contributed by atoms with Crippen LogP contribution in [-0.4, -0.2) is 46.2 Å². The molecule has 0 aliphatic carbocycles. The van der Waals surface area contributed by atoms with Crippen LogP contribution in [0.5, 0.6) is 11.5 Å². The molecule has 1 atom stereocenters. The van der Waals surface area contributed by atoms with Crippen LogP contribution in [0.1, 0.15) is 13.3 Å². The summed E-state index contributed by atoms with van der Waals surface area (Å²) in [6, 6.07) is 17.2. The monoisotopic (exact) mass is 484 g/mol. The van der Waals surface area contributed by atoms with Crippen molar-refractivity contribution in [3.05, 3.63) is 60.7 Å². The van der Waals surface area contributed by atoms with Crippen LogP contribution in [0.3, 0.4) is 0 Å². The second-order valence-corrected chi connectivity index (χ2v) is 9.40. The van der Waals surface area contributed by atoms with Crippen molar-refractivity contribution in [3.8, 4) is 11.5 Å². The number of hydrogen-bond acceptors (Lipinski definition) is 7. The molecular weight excluding hydrogens is 460 g/mol. The number of amides is 1. The van der Waals surface area contributed by atoms with Crippen LogP contribution in [-0.2, 0) is 24.3 Å². The normalized spacial score (nSPS) is 13.8. The van der Waals surface area contributed by atoms with E-state index in [1.165, 1.54) is 13.0 Å². The van der Waals surface area contributed by atoms with Crippen molar-refractivity contribution in [3.63, 3.8) is 0 Å². The van der Waals surface area contributed by atoms with Crippen molar-refractivity contribution in [1.29, 1.82) is 0 Å². The van der Waals surface area contributed by atoms with Crippen LogP contribution in [0.25, 0.3) is 10.8 Å². The lowest BCUT2D eigenvalue weighted by Crippen LogP contribution is -2.32. The van der Waals surface area contributed by atoms with E-state index < -0.39 is 28.0 Å². The molecule has 3 aromatic rings. The Morgan fingerprint density at radius 2 is 1.71 bits per heavy atom. The minimum absolute atomic E-state index is 0.103. The second-order valence-electron chi connectivity index (χ2n) is 7.64. The predicted molar refractivity (Wildman–Crippen MR) is 125 cm³/mol. The number of carbonyl (C=O) groups excluding carboxylic acids is 2. The van der Waals surface area contributed by atoms with Crippen molar-refractivity contribution in [2.75, 3.05) is 25.1 Å². The third-order valence-corrected chi connectivity index (χ3v) is 6.60. The minimum Gasteiger partial charge on any atom is -0.486 e. The molecule has 1 aliphatic heterocycles. The fraction of sp³-hybridized carbons (Fsp3) is 0.250. The first-order valence-corrected chi connectivity index (χ1v) is 12.2. The minimum atomic E-state index is -3.80. The topological polar surface area (TPSA) is 120 Å². The van der Waals surface area contributed by atoms with E-state index in [0.29, 0.717) is 30.4 Å². The number of esters is 1. The summed E-state index contributed by atoms with van der Waals surface area (Å²) >= 11 is 0. The summed E-state index contributed by atoms with van der Waals surface area (Å²) in [6.07, 6.45) is -1.30. The molecule has 10 heteroatoms. The Bertz CT molecular complexity index is 1320. The Hall–Kier alpha value is -3.63. The van der Waals surface area contributed by atoms with E-state index in [1.54, 1.807) is 30.3 Å². The first-order valence-electron chi connectivity index (χ1n) is 10.7. The van der Waals surface area contributed by atoms with Gasteiger partial charge in [0.2, 0.25) is 10.0 Å². The van der Waals surface area contributed by atoms with Crippen LogP contribution in [0.15, 0.2) is 65.6 Å². The first kappa shape index (κ1) is 23.5. The number of sulfonamides is 1. The Labute approximate surface area is 197 Å². The molecule has 0 radical (unpaired) electrons. The molecule has 0 spiro atoms. The smallest absolute Gasteiger partial charge is 0.307 e. The van der Waals surface area contributed by atoms with Crippen molar-refractivity contribution in [2.45, 2.75) is 24.3 Å². The molecule has 1 unspecified atom stereocenters. The van der Waals surface area contributed by atoms with Gasteiger partial charge >= 0.3 is 5.97 Å². The zero-order chi connectivity index (χ0) is 24.1. The van der Waals surface area contributed by atoms with Crippen LogP contribution in [0, 0.1) is 0 Å². The van der Waals surface area contributed by atoms with Gasteiger partial charge in [-0.1, -0.05) is 30.3 Å². The van der Waals surface area contributed by atoms with E-state index in [4.69, 9.17) is 14.2 Å². The van der Waals surface area contributed by atoms with Gasteiger partial charge in [-0.3, -0.25) is 9.59 Å². The van der Waals surface area contributed by atoms with Gasteiger partial charge in [0.25, 0.3) is 5.91 Å². The van der Waals surface area contributed by atoms with Gasteiger partial charge in [-0.25, -0.2) is 13.1 Å². The molecule has 2 N–H and O–H groups in total. The molecule has 3 aromatic carbocycles. The number of hydrogen-bond donors (Lipinski definition) is 2. The standard InChI is InChI=1S/C24H24N2O7S/c1-16(24(28)26-19-7-9-21-22(15-19)32-13-12-31-21)33-23(27)10-11-25-34(29,30)20-8-6-17-4-2-3-5-18(17)14-20/h2-9,14-16,25H,10-13H2,1H3,(H,26,28). The zero-order valence-corrected chi connectivity index (χ0v) is 19.3. The van der Waals surface area contributed by atoms with E-state index in [0.717, 1.165) is 10.8 Å². The average molecular weight is 485 g/mol. The summed E-state index contributed by atoms with van der Waals surface area (Å²) in [5.74, 6) is -0.116. The van der Waals surface area contributed by atoms with E-state index in [-0.39, 0.29) is 17.9 Å². The molecule has 0 fully saturated rings. The van der Waals surface area contributed by atoms with Gasteiger partial charge in [0.15, 0.2) is 17.6 Å². The highest BCUT2D eigenvalue weighted by Gasteiger charge is 2.20. The maximum absolute atomic E-state index is 12.5. The summed E-state index contributed by atoms with van der Waals surface area (Å²) in [7, 11) is -3.80. The molecule has 9 nitrogen and oxygen atoms in total. The molecule has 178 valence electrons. The molecule has 0 aromatic heterocycles. The quantitative estimate of drug-likeness (QED) is 0.472. The maximum Gasteiger partial charge on any atom is 0.307 e. The molecule has 4 rings (SSSR count). The number of fused-ring (bicyclic) bond motifs is 2. The Balaban J connectivity index is 1.26. The van der Waals surface area contributed by atoms with E-state index in [2.05, 4.69) is 10.0 Å². The van der Waals surface area contributed by atoms with Crippen molar-refractivity contribution < 1.29 is 32.2 Å². The van der Waals surface area contributed by atoms with E-state index in [1.807, 2.05) is 24.3 Å². The van der Waals surface area contributed by atoms with Gasteiger partial charge in [-0.05, 0) is 42.0 Å². The average Bonchev–Trinajstić information content (AvgIpc) is 2.83. The molecule has 34 heavy (non-hydrogen) atoms. The summed E-state index contributed by atoms with van der Waals surface area (Å²) in [5, 5.41) is 4.37. The maximum atomic E-state index is 12.5. The van der Waals surface area contributed by atoms with Gasteiger partial charge in [0.05, 0.1) is 11.3 Å². The Kier molecular flexibility index (Phi) is 6.99. The lowest BCUT2D eigenvalue weighted by molar-refractivity contribution is -0.152. The molecular formula is C24H24N2O7S. The Morgan fingerprint density at radius 3 is 2.50 bits per heavy atom. The summed E-state index contributed by atoms with van der Waals surface area (Å²) < 4.78 is 43.5. The highest BCUT2D eigenvalue weighted by atomic mass is 32.2. The summed E-state index contributed by atoms with van der Waals surface area (Å²) in [4.78, 5) is 24.6. The number of carbonyl (C=O) groups is 2. The number of benzene rings is 3. The van der Waals surface area contributed by atoms with Gasteiger partial charge in [-0.15, -0.1) is 0 Å². The van der Waals surface area contributed by atoms with Crippen LogP contribution >= 0.6 is 0 Å². The molecule has 0 saturated heterocycles. The number of rotatable bonds is 8. The predicted octanol–water partition coefficient (Wildman–Crippen LogP) is 2.85. The summed E-state index contributed by atoms with van der Waals surface area (Å²) in [5.41, 5.74) is 0.472. The second kappa shape index (κ2) is 10.1. The third-order valence-electron chi connectivity index (χ3n) is 5.14. The molecule has 0 saturated carbocycles. The first-order chi connectivity index (χ1) is 16.3. The molecule has 1 heterocycles. The van der Waals surface area contributed by atoms with Gasteiger partial charge in [-0.2, -0.15) is 0 Å². The number of ether oxygens (including phenoxy) is 3. The lowest BCUT2D eigenvalue weighted by atomic mass is 10.1. The number of nitrogens with one attached hydrogen (secondary N) is 2. The van der Waals surface area contributed by atoms with Crippen molar-refractivity contribution in [2.24, 2.45) is 0 Å². The molecule has 1 aliphatic rings. The third kappa shape index (κ3) is 5.64. The highest BCUT2D eigenvalue weighted by Crippen LogP contribution is 2.32. The lowest BCUT2D eigenvalue weighted by Gasteiger charge is -2.19. The fourth-order valence-corrected chi connectivity index (χ4v) is 4.45. The number of anilines is 1. The molecule has 0 bridgehead atoms. The van der Waals surface area contributed by atoms with E-state index >= 15 is 0 Å². The largest absolute Gasteiger partial charge is 0.486 e. The van der Waals surface area contributed by atoms with Crippen LogP contribution in [0.2, 0.25) is 0 Å². The van der Waals surface area contributed by atoms with Gasteiger partial charge in [0, 0.05) is 18.3 Å². The van der Waals surface area contributed by atoms with Gasteiger partial charge in [0.1, 0.15) is 13.2 Å². The van der Waals surface area contributed by atoms with Crippen LogP contribution < -0.4 is 19.5 Å². The van der Waals surface area contributed by atoms with E-state index in [9.17, 15) is 18.0 Å². The fourth-order valence-electron chi connectivity index (χ4n) is 3.38.